The molecule has 2 aromatic rings. The molecule has 2 heterocycles. The van der Waals surface area contributed by atoms with Gasteiger partial charge in [-0.15, -0.1) is 0 Å². The Morgan fingerprint density at radius 1 is 1.40 bits per heavy atom. The fraction of sp³-hybridized carbons (Fsp3) is 0.400. The van der Waals surface area contributed by atoms with Gasteiger partial charge in [-0.05, 0) is 12.8 Å². The molecule has 1 N–H and O–H groups in total. The zero-order valence-corrected chi connectivity index (χ0v) is 9.12. The maximum absolute atomic E-state index is 5.91. The average molecular weight is 223 g/mol. The van der Waals surface area contributed by atoms with Crippen molar-refractivity contribution in [1.29, 1.82) is 0 Å². The van der Waals surface area contributed by atoms with Crippen LogP contribution in [-0.2, 0) is 0 Å². The number of nitrogens with one attached hydrogen (secondary N) is 1. The molecule has 5 heteroatoms. The minimum absolute atomic E-state index is 0.478. The molecule has 1 fully saturated rings. The first-order valence-corrected chi connectivity index (χ1v) is 5.38. The molecule has 3 rings (SSSR count). The lowest BCUT2D eigenvalue weighted by molar-refractivity contribution is 1.06. The standard InChI is InChI=1S/C10H11ClN4/c1-12-9-10-13-7(6-2-3-6)4-15(10)5-8(11)14-9/h4-6H,2-3H2,1H3,(H,12,14). The number of hydrogen-bond donors (Lipinski definition) is 1. The van der Waals surface area contributed by atoms with Gasteiger partial charge in [-0.3, -0.25) is 0 Å². The highest BCUT2D eigenvalue weighted by Gasteiger charge is 2.26. The number of rotatable bonds is 2. The van der Waals surface area contributed by atoms with E-state index in [0.29, 0.717) is 11.1 Å². The van der Waals surface area contributed by atoms with Gasteiger partial charge in [0.2, 0.25) is 0 Å². The molecule has 2 aromatic heterocycles. The van der Waals surface area contributed by atoms with Crippen LogP contribution < -0.4 is 5.32 Å². The minimum Gasteiger partial charge on any atom is -0.370 e. The predicted molar refractivity (Wildman–Crippen MR) is 59.5 cm³/mol. The van der Waals surface area contributed by atoms with Crippen molar-refractivity contribution in [2.75, 3.05) is 12.4 Å². The van der Waals surface area contributed by atoms with Gasteiger partial charge >= 0.3 is 0 Å². The lowest BCUT2D eigenvalue weighted by Gasteiger charge is -2.01. The van der Waals surface area contributed by atoms with Crippen LogP contribution in [0, 0.1) is 0 Å². The smallest absolute Gasteiger partial charge is 0.180 e. The summed E-state index contributed by atoms with van der Waals surface area (Å²) < 4.78 is 1.94. The van der Waals surface area contributed by atoms with Crippen LogP contribution in [-0.4, -0.2) is 21.4 Å². The third-order valence-corrected chi connectivity index (χ3v) is 2.84. The molecule has 1 saturated carbocycles. The van der Waals surface area contributed by atoms with E-state index in [0.717, 1.165) is 17.2 Å². The van der Waals surface area contributed by atoms with Crippen LogP contribution >= 0.6 is 11.6 Å². The minimum atomic E-state index is 0.478. The second kappa shape index (κ2) is 3.10. The monoisotopic (exact) mass is 222 g/mol. The molecule has 1 aliphatic carbocycles. The van der Waals surface area contributed by atoms with Gasteiger partial charge in [0.25, 0.3) is 0 Å². The van der Waals surface area contributed by atoms with Gasteiger partial charge in [0, 0.05) is 25.4 Å². The molecule has 0 unspecified atom stereocenters. The van der Waals surface area contributed by atoms with E-state index in [-0.39, 0.29) is 0 Å². The Morgan fingerprint density at radius 2 is 2.20 bits per heavy atom. The van der Waals surface area contributed by atoms with Crippen LogP contribution in [0.5, 0.6) is 0 Å². The summed E-state index contributed by atoms with van der Waals surface area (Å²) in [7, 11) is 1.82. The van der Waals surface area contributed by atoms with Crippen molar-refractivity contribution in [2.45, 2.75) is 18.8 Å². The van der Waals surface area contributed by atoms with E-state index >= 15 is 0 Å². The molecule has 0 aromatic carbocycles. The molecule has 0 radical (unpaired) electrons. The summed E-state index contributed by atoms with van der Waals surface area (Å²) in [5.74, 6) is 1.38. The first-order valence-electron chi connectivity index (χ1n) is 5.01. The van der Waals surface area contributed by atoms with E-state index in [1.54, 1.807) is 6.20 Å². The zero-order valence-electron chi connectivity index (χ0n) is 8.37. The highest BCUT2D eigenvalue weighted by molar-refractivity contribution is 6.29. The van der Waals surface area contributed by atoms with Crippen molar-refractivity contribution in [2.24, 2.45) is 0 Å². The van der Waals surface area contributed by atoms with E-state index in [1.807, 2.05) is 17.6 Å². The molecule has 4 nitrogen and oxygen atoms in total. The van der Waals surface area contributed by atoms with Crippen molar-refractivity contribution < 1.29 is 0 Å². The largest absolute Gasteiger partial charge is 0.370 e. The number of nitrogens with zero attached hydrogens (tertiary/aromatic N) is 3. The molecule has 0 spiro atoms. The fourth-order valence-electron chi connectivity index (χ4n) is 1.73. The predicted octanol–water partition coefficient (Wildman–Crippen LogP) is 2.30. The van der Waals surface area contributed by atoms with Crippen LogP contribution in [0.2, 0.25) is 5.15 Å². The number of hydrogen-bond acceptors (Lipinski definition) is 3. The van der Waals surface area contributed by atoms with Gasteiger partial charge in [0.1, 0.15) is 5.15 Å². The second-order valence-electron chi connectivity index (χ2n) is 3.83. The SMILES string of the molecule is CNc1nc(Cl)cn2cc(C3CC3)nc12. The number of halogens is 1. The van der Waals surface area contributed by atoms with Gasteiger partial charge in [-0.2, -0.15) is 0 Å². The summed E-state index contributed by atoms with van der Waals surface area (Å²) in [5, 5.41) is 3.48. The van der Waals surface area contributed by atoms with E-state index < -0.39 is 0 Å². The topological polar surface area (TPSA) is 42.2 Å². The van der Waals surface area contributed by atoms with Crippen molar-refractivity contribution >= 4 is 23.1 Å². The Morgan fingerprint density at radius 3 is 2.87 bits per heavy atom. The van der Waals surface area contributed by atoms with Crippen LogP contribution in [0.15, 0.2) is 12.4 Å². The zero-order chi connectivity index (χ0) is 10.4. The Balaban J connectivity index is 2.23. The van der Waals surface area contributed by atoms with Gasteiger partial charge in [-0.1, -0.05) is 11.6 Å². The van der Waals surface area contributed by atoms with Crippen molar-refractivity contribution in [3.8, 4) is 0 Å². The summed E-state index contributed by atoms with van der Waals surface area (Å²) in [6.07, 6.45) is 6.33. The molecular weight excluding hydrogens is 212 g/mol. The van der Waals surface area contributed by atoms with Crippen molar-refractivity contribution in [3.63, 3.8) is 0 Å². The molecule has 15 heavy (non-hydrogen) atoms. The highest BCUT2D eigenvalue weighted by Crippen LogP contribution is 2.39. The first kappa shape index (κ1) is 8.97. The molecule has 0 aliphatic heterocycles. The van der Waals surface area contributed by atoms with Gasteiger partial charge < -0.3 is 9.72 Å². The van der Waals surface area contributed by atoms with Crippen molar-refractivity contribution in [3.05, 3.63) is 23.2 Å². The van der Waals surface area contributed by atoms with Crippen LogP contribution in [0.4, 0.5) is 5.82 Å². The normalized spacial score (nSPS) is 15.9. The Labute approximate surface area is 92.3 Å². The van der Waals surface area contributed by atoms with Crippen LogP contribution in [0.25, 0.3) is 5.65 Å². The van der Waals surface area contributed by atoms with E-state index in [2.05, 4.69) is 15.3 Å². The Kier molecular flexibility index (Phi) is 1.85. The van der Waals surface area contributed by atoms with Gasteiger partial charge in [0.05, 0.1) is 5.69 Å². The molecular formula is C10H11ClN4. The third-order valence-electron chi connectivity index (χ3n) is 2.66. The average Bonchev–Trinajstić information content (AvgIpc) is 2.98. The Bertz CT molecular complexity index is 515. The van der Waals surface area contributed by atoms with Gasteiger partial charge in [-0.25, -0.2) is 9.97 Å². The van der Waals surface area contributed by atoms with Crippen molar-refractivity contribution in [1.82, 2.24) is 14.4 Å². The quantitative estimate of drug-likeness (QED) is 0.848. The summed E-state index contributed by atoms with van der Waals surface area (Å²) >= 11 is 5.91. The van der Waals surface area contributed by atoms with E-state index in [1.165, 1.54) is 12.8 Å². The molecule has 78 valence electrons. The molecule has 0 bridgehead atoms. The summed E-state index contributed by atoms with van der Waals surface area (Å²) in [4.78, 5) is 8.75. The number of imidazole rings is 1. The summed E-state index contributed by atoms with van der Waals surface area (Å²) in [6.45, 7) is 0. The maximum atomic E-state index is 5.91. The van der Waals surface area contributed by atoms with Crippen LogP contribution in [0.1, 0.15) is 24.5 Å². The lowest BCUT2D eigenvalue weighted by atomic mass is 10.3. The van der Waals surface area contributed by atoms with E-state index in [4.69, 9.17) is 11.6 Å². The number of fused-ring (bicyclic) bond motifs is 1. The molecule has 0 saturated heterocycles. The maximum Gasteiger partial charge on any atom is 0.180 e. The van der Waals surface area contributed by atoms with Gasteiger partial charge in [0.15, 0.2) is 11.5 Å². The summed E-state index contributed by atoms with van der Waals surface area (Å²) in [5.41, 5.74) is 2.00. The molecule has 0 atom stereocenters. The Hall–Kier alpha value is -1.29. The van der Waals surface area contributed by atoms with E-state index in [9.17, 15) is 0 Å². The van der Waals surface area contributed by atoms with Crippen LogP contribution in [0.3, 0.4) is 0 Å². The first-order chi connectivity index (χ1) is 7.28. The summed E-state index contributed by atoms with van der Waals surface area (Å²) in [6, 6.07) is 0. The third kappa shape index (κ3) is 1.45. The lowest BCUT2D eigenvalue weighted by Crippen LogP contribution is -1.97. The molecule has 0 amide bonds. The molecule has 1 aliphatic rings. The second-order valence-corrected chi connectivity index (χ2v) is 4.22. The number of aromatic nitrogens is 3. The highest BCUT2D eigenvalue weighted by atomic mass is 35.5. The number of anilines is 1. The fourth-order valence-corrected chi connectivity index (χ4v) is 1.92.